The lowest BCUT2D eigenvalue weighted by molar-refractivity contribution is 0.101. The fourth-order valence-corrected chi connectivity index (χ4v) is 1.67. The van der Waals surface area contributed by atoms with Crippen molar-refractivity contribution in [2.75, 3.05) is 5.33 Å². The topological polar surface area (TPSA) is 17.1 Å². The smallest absolute Gasteiger partial charge is 0.176 e. The van der Waals surface area contributed by atoms with E-state index in [1.54, 1.807) is 19.1 Å². The summed E-state index contributed by atoms with van der Waals surface area (Å²) >= 11 is 6.05. The minimum atomic E-state index is -0.482. The van der Waals surface area contributed by atoms with Gasteiger partial charge < -0.3 is 0 Å². The van der Waals surface area contributed by atoms with Crippen LogP contribution in [0.15, 0.2) is 16.6 Å². The molecule has 1 aromatic carbocycles. The van der Waals surface area contributed by atoms with Crippen molar-refractivity contribution in [1.82, 2.24) is 0 Å². The summed E-state index contributed by atoms with van der Waals surface area (Å²) in [7, 11) is 0. The molecule has 70 valence electrons. The number of carbonyl (C=O) groups is 1. The Morgan fingerprint density at radius 3 is 2.69 bits per heavy atom. The van der Waals surface area contributed by atoms with Crippen LogP contribution in [0.2, 0.25) is 0 Å². The summed E-state index contributed by atoms with van der Waals surface area (Å²) in [5.41, 5.74) is 0.816. The molecule has 0 aromatic heterocycles. The summed E-state index contributed by atoms with van der Waals surface area (Å²) in [5.74, 6) is -0.722. The molecule has 0 aliphatic rings. The van der Waals surface area contributed by atoms with E-state index in [0.29, 0.717) is 10.0 Å². The zero-order chi connectivity index (χ0) is 10.0. The summed E-state index contributed by atoms with van der Waals surface area (Å²) in [6.07, 6.45) is 0. The minimum Gasteiger partial charge on any atom is -0.293 e. The van der Waals surface area contributed by atoms with E-state index in [1.165, 1.54) is 0 Å². The van der Waals surface area contributed by atoms with Crippen LogP contribution in [0.25, 0.3) is 0 Å². The Morgan fingerprint density at radius 2 is 2.15 bits per heavy atom. The predicted octanol–water partition coefficient (Wildman–Crippen LogP) is 3.47. The monoisotopic (exact) mass is 308 g/mol. The number of benzene rings is 1. The standard InChI is InChI=1S/C9H7Br2FO/c1-5-2-3-6(11)9(12)8(5)7(13)4-10/h2-3H,4H2,1H3. The highest BCUT2D eigenvalue weighted by molar-refractivity contribution is 9.10. The Morgan fingerprint density at radius 1 is 1.54 bits per heavy atom. The number of halogens is 3. The van der Waals surface area contributed by atoms with E-state index < -0.39 is 5.82 Å². The minimum absolute atomic E-state index is 0.140. The molecule has 0 heterocycles. The van der Waals surface area contributed by atoms with Crippen LogP contribution < -0.4 is 0 Å². The van der Waals surface area contributed by atoms with Crippen LogP contribution in [-0.4, -0.2) is 11.1 Å². The van der Waals surface area contributed by atoms with Crippen LogP contribution in [0.4, 0.5) is 4.39 Å². The van der Waals surface area contributed by atoms with Gasteiger partial charge in [0.2, 0.25) is 0 Å². The number of alkyl halides is 1. The molecule has 0 atom stereocenters. The van der Waals surface area contributed by atoms with Gasteiger partial charge in [-0.15, -0.1) is 0 Å². The van der Waals surface area contributed by atoms with Crippen molar-refractivity contribution < 1.29 is 9.18 Å². The first-order chi connectivity index (χ1) is 6.07. The third-order valence-electron chi connectivity index (χ3n) is 1.70. The highest BCUT2D eigenvalue weighted by atomic mass is 79.9. The fourth-order valence-electron chi connectivity index (χ4n) is 1.06. The molecule has 0 aliphatic heterocycles. The van der Waals surface area contributed by atoms with Crippen LogP contribution in [0.1, 0.15) is 15.9 Å². The maximum absolute atomic E-state index is 13.4. The van der Waals surface area contributed by atoms with E-state index in [0.717, 1.165) is 0 Å². The van der Waals surface area contributed by atoms with Gasteiger partial charge in [-0.2, -0.15) is 0 Å². The SMILES string of the molecule is Cc1ccc(Br)c(F)c1C(=O)CBr. The Bertz CT molecular complexity index is 350. The number of rotatable bonds is 2. The van der Waals surface area contributed by atoms with Crippen LogP contribution in [-0.2, 0) is 0 Å². The normalized spacial score (nSPS) is 10.2. The van der Waals surface area contributed by atoms with Crippen molar-refractivity contribution in [3.63, 3.8) is 0 Å². The van der Waals surface area contributed by atoms with Gasteiger partial charge in [0.25, 0.3) is 0 Å². The van der Waals surface area contributed by atoms with Crippen molar-refractivity contribution in [3.8, 4) is 0 Å². The molecule has 4 heteroatoms. The Hall–Kier alpha value is -0.220. The van der Waals surface area contributed by atoms with Crippen LogP contribution >= 0.6 is 31.9 Å². The lowest BCUT2D eigenvalue weighted by Crippen LogP contribution is -2.06. The lowest BCUT2D eigenvalue weighted by atomic mass is 10.1. The first-order valence-electron chi connectivity index (χ1n) is 3.61. The van der Waals surface area contributed by atoms with Crippen molar-refractivity contribution in [3.05, 3.63) is 33.5 Å². The molecule has 0 spiro atoms. The van der Waals surface area contributed by atoms with Crippen LogP contribution in [0.5, 0.6) is 0 Å². The fraction of sp³-hybridized carbons (Fsp3) is 0.222. The van der Waals surface area contributed by atoms with Crippen molar-refractivity contribution in [1.29, 1.82) is 0 Å². The molecule has 1 rings (SSSR count). The van der Waals surface area contributed by atoms with Gasteiger partial charge >= 0.3 is 0 Å². The van der Waals surface area contributed by atoms with E-state index in [9.17, 15) is 9.18 Å². The molecule has 0 fully saturated rings. The van der Waals surface area contributed by atoms with Crippen LogP contribution in [0, 0.1) is 12.7 Å². The molecule has 0 radical (unpaired) electrons. The second-order valence-corrected chi connectivity index (χ2v) is 4.03. The van der Waals surface area contributed by atoms with Gasteiger partial charge in [-0.05, 0) is 34.5 Å². The van der Waals surface area contributed by atoms with Gasteiger partial charge in [0, 0.05) is 0 Å². The first kappa shape index (κ1) is 10.9. The quantitative estimate of drug-likeness (QED) is 0.604. The van der Waals surface area contributed by atoms with E-state index >= 15 is 0 Å². The molecule has 0 aliphatic carbocycles. The summed E-state index contributed by atoms with van der Waals surface area (Å²) in [5, 5.41) is 0.140. The molecule has 0 saturated heterocycles. The van der Waals surface area contributed by atoms with Crippen molar-refractivity contribution in [2.45, 2.75) is 6.92 Å². The van der Waals surface area contributed by atoms with Crippen LogP contribution in [0.3, 0.4) is 0 Å². The summed E-state index contributed by atoms with van der Waals surface area (Å²) in [4.78, 5) is 11.3. The second-order valence-electron chi connectivity index (χ2n) is 2.61. The average molecular weight is 310 g/mol. The molecule has 0 amide bonds. The van der Waals surface area contributed by atoms with Gasteiger partial charge in [-0.1, -0.05) is 22.0 Å². The van der Waals surface area contributed by atoms with Gasteiger partial charge in [-0.3, -0.25) is 4.79 Å². The number of Topliss-reactive ketones (excluding diaryl/α,β-unsaturated/α-hetero) is 1. The van der Waals surface area contributed by atoms with E-state index in [4.69, 9.17) is 0 Å². The molecule has 1 nitrogen and oxygen atoms in total. The molecule has 0 bridgehead atoms. The Balaban J connectivity index is 3.33. The molecule has 1 aromatic rings. The number of hydrogen-bond donors (Lipinski definition) is 0. The third-order valence-corrected chi connectivity index (χ3v) is 2.83. The maximum atomic E-state index is 13.4. The number of aryl methyl sites for hydroxylation is 1. The van der Waals surface area contributed by atoms with E-state index in [2.05, 4.69) is 31.9 Å². The maximum Gasteiger partial charge on any atom is 0.176 e. The summed E-state index contributed by atoms with van der Waals surface area (Å²) in [6, 6.07) is 3.30. The molecule has 0 N–H and O–H groups in total. The van der Waals surface area contributed by atoms with E-state index in [-0.39, 0.29) is 16.7 Å². The van der Waals surface area contributed by atoms with Gasteiger partial charge in [0.05, 0.1) is 15.4 Å². The number of carbonyl (C=O) groups excluding carboxylic acids is 1. The highest BCUT2D eigenvalue weighted by Gasteiger charge is 2.15. The second kappa shape index (κ2) is 4.33. The molecule has 0 saturated carbocycles. The van der Waals surface area contributed by atoms with Crippen molar-refractivity contribution in [2.24, 2.45) is 0 Å². The molecule has 0 unspecified atom stereocenters. The van der Waals surface area contributed by atoms with Crippen molar-refractivity contribution >= 4 is 37.6 Å². The van der Waals surface area contributed by atoms with Gasteiger partial charge in [0.1, 0.15) is 5.82 Å². The predicted molar refractivity (Wildman–Crippen MR) is 57.0 cm³/mol. The molecular formula is C9H7Br2FO. The zero-order valence-electron chi connectivity index (χ0n) is 6.90. The lowest BCUT2D eigenvalue weighted by Gasteiger charge is -2.05. The Labute approximate surface area is 92.6 Å². The Kier molecular flexibility index (Phi) is 3.62. The average Bonchev–Trinajstić information content (AvgIpc) is 2.12. The third kappa shape index (κ3) is 2.17. The van der Waals surface area contributed by atoms with E-state index in [1.807, 2.05) is 0 Å². The van der Waals surface area contributed by atoms with Gasteiger partial charge in [0.15, 0.2) is 5.78 Å². The highest BCUT2D eigenvalue weighted by Crippen LogP contribution is 2.22. The van der Waals surface area contributed by atoms with Gasteiger partial charge in [-0.25, -0.2) is 4.39 Å². The number of hydrogen-bond acceptors (Lipinski definition) is 1. The summed E-state index contributed by atoms with van der Waals surface area (Å²) < 4.78 is 13.7. The zero-order valence-corrected chi connectivity index (χ0v) is 10.1. The summed E-state index contributed by atoms with van der Waals surface area (Å²) in [6.45, 7) is 1.71. The first-order valence-corrected chi connectivity index (χ1v) is 5.53. The number of ketones is 1. The molecular weight excluding hydrogens is 303 g/mol. The largest absolute Gasteiger partial charge is 0.293 e. The molecule has 13 heavy (non-hydrogen) atoms.